The first-order valence-corrected chi connectivity index (χ1v) is 10.4. The Kier molecular flexibility index (Phi) is 5.04. The Labute approximate surface area is 177 Å². The summed E-state index contributed by atoms with van der Waals surface area (Å²) in [5, 5.41) is 1.72. The zero-order chi connectivity index (χ0) is 20.0. The molecule has 6 heteroatoms. The smallest absolute Gasteiger partial charge is 0.263 e. The van der Waals surface area contributed by atoms with Crippen LogP contribution < -0.4 is 5.56 Å². The van der Waals surface area contributed by atoms with Crippen LogP contribution in [0.5, 0.6) is 0 Å². The van der Waals surface area contributed by atoms with Crippen molar-refractivity contribution >= 4 is 44.8 Å². The van der Waals surface area contributed by atoms with Crippen molar-refractivity contribution < 1.29 is 0 Å². The van der Waals surface area contributed by atoms with Gasteiger partial charge in [-0.25, -0.2) is 4.98 Å². The third kappa shape index (κ3) is 3.26. The molecule has 28 heavy (non-hydrogen) atoms. The fourth-order valence-corrected chi connectivity index (χ4v) is 4.87. The van der Waals surface area contributed by atoms with Crippen molar-refractivity contribution in [3.8, 4) is 11.1 Å². The number of halogens is 2. The first-order valence-electron chi connectivity index (χ1n) is 8.86. The van der Waals surface area contributed by atoms with Crippen molar-refractivity contribution in [3.63, 3.8) is 0 Å². The van der Waals surface area contributed by atoms with Gasteiger partial charge in [0.25, 0.3) is 5.56 Å². The lowest BCUT2D eigenvalue weighted by Crippen LogP contribution is -2.21. The zero-order valence-electron chi connectivity index (χ0n) is 15.7. The minimum absolute atomic E-state index is 0.0847. The molecule has 0 atom stereocenters. The summed E-state index contributed by atoms with van der Waals surface area (Å²) < 4.78 is 1.58. The third-order valence-corrected chi connectivity index (χ3v) is 6.76. The number of nitrogens with zero attached hydrogens (tertiary/aromatic N) is 2. The summed E-state index contributed by atoms with van der Waals surface area (Å²) in [5.74, 6) is 0. The van der Waals surface area contributed by atoms with E-state index < -0.39 is 0 Å². The molecule has 2 aromatic carbocycles. The second-order valence-electron chi connectivity index (χ2n) is 6.89. The van der Waals surface area contributed by atoms with Crippen molar-refractivity contribution in [2.45, 2.75) is 27.3 Å². The van der Waals surface area contributed by atoms with Gasteiger partial charge < -0.3 is 0 Å². The summed E-state index contributed by atoms with van der Waals surface area (Å²) in [7, 11) is 0. The second-order valence-corrected chi connectivity index (χ2v) is 8.91. The van der Waals surface area contributed by atoms with Crippen LogP contribution in [0.3, 0.4) is 0 Å². The van der Waals surface area contributed by atoms with Gasteiger partial charge in [0, 0.05) is 26.0 Å². The number of hydrogen-bond acceptors (Lipinski definition) is 3. The molecule has 2 aromatic heterocycles. The van der Waals surface area contributed by atoms with Gasteiger partial charge in [0.1, 0.15) is 4.83 Å². The number of hydrogen-bond donors (Lipinski definition) is 0. The van der Waals surface area contributed by atoms with E-state index >= 15 is 0 Å². The van der Waals surface area contributed by atoms with Crippen molar-refractivity contribution in [1.29, 1.82) is 0 Å². The van der Waals surface area contributed by atoms with Crippen LogP contribution in [0.2, 0.25) is 10.0 Å². The topological polar surface area (TPSA) is 34.9 Å². The van der Waals surface area contributed by atoms with E-state index in [1.807, 2.05) is 6.92 Å². The summed E-state index contributed by atoms with van der Waals surface area (Å²) >= 11 is 14.1. The van der Waals surface area contributed by atoms with Crippen LogP contribution in [-0.4, -0.2) is 9.55 Å². The average Bonchev–Trinajstić information content (AvgIpc) is 2.99. The van der Waals surface area contributed by atoms with Gasteiger partial charge in [-0.05, 0) is 49.6 Å². The molecule has 0 amide bonds. The van der Waals surface area contributed by atoms with Crippen molar-refractivity contribution in [2.24, 2.45) is 0 Å². The van der Waals surface area contributed by atoms with Gasteiger partial charge in [0.2, 0.25) is 0 Å². The Bertz CT molecular complexity index is 1250. The van der Waals surface area contributed by atoms with Gasteiger partial charge in [0.05, 0.1) is 18.3 Å². The highest BCUT2D eigenvalue weighted by Crippen LogP contribution is 2.36. The Morgan fingerprint density at radius 1 is 1.04 bits per heavy atom. The molecule has 0 saturated carbocycles. The largest absolute Gasteiger partial charge is 0.294 e. The van der Waals surface area contributed by atoms with Crippen LogP contribution in [0.25, 0.3) is 21.3 Å². The maximum absolute atomic E-state index is 13.4. The molecule has 0 N–H and O–H groups in total. The van der Waals surface area contributed by atoms with Crippen molar-refractivity contribution in [3.05, 3.63) is 84.7 Å². The lowest BCUT2D eigenvalue weighted by Gasteiger charge is -2.10. The number of aryl methyl sites for hydroxylation is 3. The molecule has 4 aromatic rings. The first-order chi connectivity index (χ1) is 13.4. The monoisotopic (exact) mass is 428 g/mol. The van der Waals surface area contributed by atoms with E-state index in [-0.39, 0.29) is 12.1 Å². The molecule has 0 aliphatic heterocycles. The molecular formula is C22H18Cl2N2OS. The molecule has 0 spiro atoms. The molecule has 4 rings (SSSR count). The van der Waals surface area contributed by atoms with Gasteiger partial charge >= 0.3 is 0 Å². The van der Waals surface area contributed by atoms with E-state index in [1.54, 1.807) is 40.4 Å². The zero-order valence-corrected chi connectivity index (χ0v) is 18.0. The summed E-state index contributed by atoms with van der Waals surface area (Å²) in [6.07, 6.45) is 1.57. The molecule has 0 unspecified atom stereocenters. The van der Waals surface area contributed by atoms with Crippen LogP contribution in [-0.2, 0) is 6.54 Å². The highest BCUT2D eigenvalue weighted by atomic mass is 35.5. The van der Waals surface area contributed by atoms with Crippen molar-refractivity contribution in [1.82, 2.24) is 9.55 Å². The summed E-state index contributed by atoms with van der Waals surface area (Å²) in [6.45, 7) is 6.48. The van der Waals surface area contributed by atoms with Crippen LogP contribution in [0.15, 0.2) is 47.5 Å². The SMILES string of the molecule is Cc1ccc(-c2c(C)sc3ncn(Cc4c(Cl)cccc4Cl)c(=O)c23)cc1C. The summed E-state index contributed by atoms with van der Waals surface area (Å²) in [4.78, 5) is 19.7. The molecule has 0 fully saturated rings. The minimum Gasteiger partial charge on any atom is -0.294 e. The molecule has 0 bridgehead atoms. The van der Waals surface area contributed by atoms with Crippen LogP contribution in [0, 0.1) is 20.8 Å². The van der Waals surface area contributed by atoms with Gasteiger partial charge in [-0.2, -0.15) is 0 Å². The molecule has 142 valence electrons. The van der Waals surface area contributed by atoms with Gasteiger partial charge in [-0.1, -0.05) is 47.5 Å². The first kappa shape index (κ1) is 19.2. The summed E-state index contributed by atoms with van der Waals surface area (Å²) in [6, 6.07) is 11.6. The third-order valence-electron chi connectivity index (χ3n) is 5.04. The number of thiophene rings is 1. The maximum Gasteiger partial charge on any atom is 0.263 e. The maximum atomic E-state index is 13.4. The normalized spacial score (nSPS) is 11.3. The van der Waals surface area contributed by atoms with E-state index in [0.29, 0.717) is 21.0 Å². The Balaban J connectivity index is 1.92. The van der Waals surface area contributed by atoms with Gasteiger partial charge in [0.15, 0.2) is 0 Å². The quantitative estimate of drug-likeness (QED) is 0.377. The molecular weight excluding hydrogens is 411 g/mol. The average molecular weight is 429 g/mol. The molecule has 3 nitrogen and oxygen atoms in total. The fourth-order valence-electron chi connectivity index (χ4n) is 3.35. The van der Waals surface area contributed by atoms with E-state index in [4.69, 9.17) is 23.2 Å². The highest BCUT2D eigenvalue weighted by molar-refractivity contribution is 7.19. The standard InChI is InChI=1S/C22H18Cl2N2OS/c1-12-7-8-15(9-13(12)2)19-14(3)28-21-20(19)22(27)26(11-25-21)10-16-17(23)5-4-6-18(16)24/h4-9,11H,10H2,1-3H3. The van der Waals surface area contributed by atoms with Crippen molar-refractivity contribution in [2.75, 3.05) is 0 Å². The van der Waals surface area contributed by atoms with Crippen LogP contribution in [0.4, 0.5) is 0 Å². The Morgan fingerprint density at radius 2 is 1.75 bits per heavy atom. The molecule has 0 saturated heterocycles. The van der Waals surface area contributed by atoms with Crippen LogP contribution >= 0.6 is 34.5 Å². The van der Waals surface area contributed by atoms with Gasteiger partial charge in [-0.3, -0.25) is 9.36 Å². The molecule has 0 aliphatic carbocycles. The van der Waals surface area contributed by atoms with Crippen LogP contribution in [0.1, 0.15) is 21.6 Å². The van der Waals surface area contributed by atoms with Gasteiger partial charge in [-0.15, -0.1) is 11.3 Å². The summed E-state index contributed by atoms with van der Waals surface area (Å²) in [5.41, 5.74) is 5.06. The van der Waals surface area contributed by atoms with E-state index in [2.05, 4.69) is 37.0 Å². The number of fused-ring (bicyclic) bond motifs is 1. The molecule has 0 radical (unpaired) electrons. The Hall–Kier alpha value is -2.14. The lowest BCUT2D eigenvalue weighted by atomic mass is 9.99. The molecule has 2 heterocycles. The Morgan fingerprint density at radius 3 is 2.43 bits per heavy atom. The number of rotatable bonds is 3. The predicted octanol–water partition coefficient (Wildman–Crippen LogP) is 6.41. The molecule has 0 aliphatic rings. The number of benzene rings is 2. The predicted molar refractivity (Wildman–Crippen MR) is 119 cm³/mol. The second kappa shape index (κ2) is 7.36. The highest BCUT2D eigenvalue weighted by Gasteiger charge is 2.18. The fraction of sp³-hybridized carbons (Fsp3) is 0.182. The minimum atomic E-state index is -0.0847. The van der Waals surface area contributed by atoms with E-state index in [0.717, 1.165) is 20.8 Å². The lowest BCUT2D eigenvalue weighted by molar-refractivity contribution is 0.750. The van der Waals surface area contributed by atoms with E-state index in [1.165, 1.54) is 11.1 Å². The van der Waals surface area contributed by atoms with E-state index in [9.17, 15) is 4.79 Å². The number of aromatic nitrogens is 2.